The molecule has 10 heteroatoms. The van der Waals surface area contributed by atoms with Gasteiger partial charge in [0, 0.05) is 46.2 Å². The number of nitro groups is 1. The van der Waals surface area contributed by atoms with Gasteiger partial charge in [-0.1, -0.05) is 0 Å². The number of ether oxygens (including phenoxy) is 1. The quantitative estimate of drug-likeness (QED) is 0.338. The normalized spacial score (nSPS) is 13.9. The molecule has 3 heterocycles. The summed E-state index contributed by atoms with van der Waals surface area (Å²) in [6, 6.07) is 6.53. The predicted molar refractivity (Wildman–Crippen MR) is 121 cm³/mol. The molecular weight excluding hydrogens is 438 g/mol. The third-order valence-electron chi connectivity index (χ3n) is 5.37. The number of non-ortho nitro benzene ring substituents is 1. The van der Waals surface area contributed by atoms with Gasteiger partial charge in [-0.25, -0.2) is 4.79 Å². The summed E-state index contributed by atoms with van der Waals surface area (Å²) in [4.78, 5) is 39.8. The Hall–Kier alpha value is -2.82. The highest BCUT2D eigenvalue weighted by molar-refractivity contribution is 7.21. The van der Waals surface area contributed by atoms with Gasteiger partial charge in [0.2, 0.25) is 0 Å². The van der Waals surface area contributed by atoms with Crippen LogP contribution in [-0.4, -0.2) is 41.4 Å². The Balaban J connectivity index is 1.65. The number of anilines is 1. The smallest absolute Gasteiger partial charge is 0.341 e. The van der Waals surface area contributed by atoms with Crippen LogP contribution in [0.15, 0.2) is 24.3 Å². The molecule has 4 rings (SSSR count). The maximum absolute atomic E-state index is 13.0. The van der Waals surface area contributed by atoms with E-state index >= 15 is 0 Å². The van der Waals surface area contributed by atoms with E-state index in [1.807, 2.05) is 0 Å². The third-order valence-corrected chi connectivity index (χ3v) is 7.61. The van der Waals surface area contributed by atoms with Gasteiger partial charge >= 0.3 is 5.97 Å². The van der Waals surface area contributed by atoms with Crippen LogP contribution in [0.4, 0.5) is 10.7 Å². The highest BCUT2D eigenvalue weighted by Gasteiger charge is 2.30. The first kappa shape index (κ1) is 21.4. The molecule has 1 aliphatic rings. The third kappa shape index (κ3) is 4.06. The van der Waals surface area contributed by atoms with Crippen molar-refractivity contribution < 1.29 is 19.2 Å². The molecule has 31 heavy (non-hydrogen) atoms. The zero-order valence-electron chi connectivity index (χ0n) is 17.3. The number of hydrogen-bond acceptors (Lipinski definition) is 8. The summed E-state index contributed by atoms with van der Waals surface area (Å²) in [6.07, 6.45) is 0.719. The first-order valence-electron chi connectivity index (χ1n) is 9.74. The summed E-state index contributed by atoms with van der Waals surface area (Å²) < 4.78 is 5.77. The fourth-order valence-electron chi connectivity index (χ4n) is 3.69. The van der Waals surface area contributed by atoms with Gasteiger partial charge in [-0.2, -0.15) is 0 Å². The largest absolute Gasteiger partial charge is 0.465 e. The number of thiophene rings is 2. The minimum Gasteiger partial charge on any atom is -0.465 e. The fourth-order valence-corrected chi connectivity index (χ4v) is 5.89. The maximum atomic E-state index is 13.0. The van der Waals surface area contributed by atoms with E-state index in [0.717, 1.165) is 34.7 Å². The highest BCUT2D eigenvalue weighted by atomic mass is 32.1. The van der Waals surface area contributed by atoms with Crippen LogP contribution in [0, 0.1) is 10.1 Å². The van der Waals surface area contributed by atoms with E-state index < -0.39 is 10.9 Å². The average molecular weight is 460 g/mol. The first-order valence-corrected chi connectivity index (χ1v) is 11.4. The topological polar surface area (TPSA) is 102 Å². The van der Waals surface area contributed by atoms with Gasteiger partial charge < -0.3 is 10.1 Å². The molecule has 0 aliphatic carbocycles. The fraction of sp³-hybridized carbons (Fsp3) is 0.333. The Morgan fingerprint density at radius 3 is 2.71 bits per heavy atom. The van der Waals surface area contributed by atoms with Crippen LogP contribution < -0.4 is 5.32 Å². The molecule has 0 atom stereocenters. The van der Waals surface area contributed by atoms with E-state index in [4.69, 9.17) is 4.74 Å². The molecular formula is C21H21N3O5S2. The van der Waals surface area contributed by atoms with Crippen molar-refractivity contribution in [3.05, 3.63) is 55.3 Å². The molecule has 162 valence electrons. The summed E-state index contributed by atoms with van der Waals surface area (Å²) in [5, 5.41) is 15.0. The lowest BCUT2D eigenvalue weighted by molar-refractivity contribution is -0.384. The molecule has 1 N–H and O–H groups in total. The molecule has 2 aromatic heterocycles. The number of benzene rings is 1. The van der Waals surface area contributed by atoms with E-state index in [1.54, 1.807) is 12.1 Å². The van der Waals surface area contributed by atoms with Gasteiger partial charge in [-0.3, -0.25) is 19.8 Å². The molecule has 0 bridgehead atoms. The van der Waals surface area contributed by atoms with Crippen LogP contribution in [0.5, 0.6) is 0 Å². The molecule has 0 saturated heterocycles. The SMILES string of the molecule is COC(=O)c1c(NC(=O)c2cc3cc([N+](=O)[O-])ccc3s2)sc2c1CCN(C(C)C)C2. The molecule has 3 aromatic rings. The van der Waals surface area contributed by atoms with Gasteiger partial charge in [0.15, 0.2) is 0 Å². The molecule has 8 nitrogen and oxygen atoms in total. The number of hydrogen-bond donors (Lipinski definition) is 1. The van der Waals surface area contributed by atoms with Crippen molar-refractivity contribution in [1.82, 2.24) is 4.90 Å². The monoisotopic (exact) mass is 459 g/mol. The molecule has 1 amide bonds. The molecule has 1 aliphatic heterocycles. The Morgan fingerprint density at radius 1 is 1.26 bits per heavy atom. The number of amides is 1. The van der Waals surface area contributed by atoms with E-state index in [0.29, 0.717) is 26.9 Å². The molecule has 0 fully saturated rings. The lowest BCUT2D eigenvalue weighted by Gasteiger charge is -2.30. The molecule has 0 spiro atoms. The van der Waals surface area contributed by atoms with Crippen LogP contribution in [-0.2, 0) is 17.7 Å². The Labute approximate surface area is 186 Å². The van der Waals surface area contributed by atoms with E-state index in [-0.39, 0.29) is 11.6 Å². The first-order chi connectivity index (χ1) is 14.8. The second-order valence-electron chi connectivity index (χ2n) is 7.56. The minimum atomic E-state index is -0.462. The Morgan fingerprint density at radius 2 is 2.03 bits per heavy atom. The summed E-state index contributed by atoms with van der Waals surface area (Å²) in [6.45, 7) is 5.83. The number of carbonyl (C=O) groups excluding carboxylic acids is 2. The molecule has 0 radical (unpaired) electrons. The molecule has 0 saturated carbocycles. The summed E-state index contributed by atoms with van der Waals surface area (Å²) >= 11 is 2.65. The standard InChI is InChI=1S/C21H21N3O5S2/c1-11(2)23-7-6-14-17(10-23)31-20(18(14)21(26)29-3)22-19(25)16-9-12-8-13(24(27)28)4-5-15(12)30-16/h4-5,8-9,11H,6-7,10H2,1-3H3,(H,22,25). The van der Waals surface area contributed by atoms with Crippen LogP contribution in [0.25, 0.3) is 10.1 Å². The van der Waals surface area contributed by atoms with Crippen LogP contribution in [0.3, 0.4) is 0 Å². The lowest BCUT2D eigenvalue weighted by atomic mass is 10.0. The van der Waals surface area contributed by atoms with Gasteiger partial charge in [0.05, 0.1) is 22.5 Å². The van der Waals surface area contributed by atoms with Crippen molar-refractivity contribution in [2.45, 2.75) is 32.9 Å². The second-order valence-corrected chi connectivity index (χ2v) is 9.75. The highest BCUT2D eigenvalue weighted by Crippen LogP contribution is 2.39. The summed E-state index contributed by atoms with van der Waals surface area (Å²) in [5.74, 6) is -0.814. The van der Waals surface area contributed by atoms with Crippen molar-refractivity contribution in [1.29, 1.82) is 0 Å². The van der Waals surface area contributed by atoms with E-state index in [1.165, 1.54) is 41.9 Å². The van der Waals surface area contributed by atoms with Gasteiger partial charge in [0.25, 0.3) is 11.6 Å². The average Bonchev–Trinajstić information content (AvgIpc) is 3.32. The van der Waals surface area contributed by atoms with Crippen molar-refractivity contribution in [2.24, 2.45) is 0 Å². The number of fused-ring (bicyclic) bond motifs is 2. The lowest BCUT2D eigenvalue weighted by Crippen LogP contribution is -2.35. The van der Waals surface area contributed by atoms with E-state index in [2.05, 4.69) is 24.1 Å². The van der Waals surface area contributed by atoms with Crippen molar-refractivity contribution in [2.75, 3.05) is 19.0 Å². The zero-order chi connectivity index (χ0) is 22.3. The molecule has 1 aromatic carbocycles. The van der Waals surface area contributed by atoms with Crippen molar-refractivity contribution >= 4 is 55.3 Å². The van der Waals surface area contributed by atoms with Gasteiger partial charge in [-0.15, -0.1) is 22.7 Å². The molecule has 0 unspecified atom stereocenters. The number of nitrogens with zero attached hydrogens (tertiary/aromatic N) is 2. The van der Waals surface area contributed by atoms with Crippen molar-refractivity contribution in [3.63, 3.8) is 0 Å². The number of rotatable bonds is 5. The number of carbonyl (C=O) groups is 2. The zero-order valence-corrected chi connectivity index (χ0v) is 18.9. The maximum Gasteiger partial charge on any atom is 0.341 e. The Kier molecular flexibility index (Phi) is 5.78. The van der Waals surface area contributed by atoms with Crippen LogP contribution in [0.2, 0.25) is 0 Å². The van der Waals surface area contributed by atoms with E-state index in [9.17, 15) is 19.7 Å². The predicted octanol–water partition coefficient (Wildman–Crippen LogP) is 4.68. The van der Waals surface area contributed by atoms with Crippen LogP contribution in [0.1, 0.15) is 44.3 Å². The van der Waals surface area contributed by atoms with Crippen molar-refractivity contribution in [3.8, 4) is 0 Å². The number of esters is 1. The number of nitrogens with one attached hydrogen (secondary N) is 1. The van der Waals surface area contributed by atoms with Crippen LogP contribution >= 0.6 is 22.7 Å². The minimum absolute atomic E-state index is 0.0223. The second kappa shape index (κ2) is 8.37. The van der Waals surface area contributed by atoms with Gasteiger partial charge in [0.1, 0.15) is 5.00 Å². The Bertz CT molecular complexity index is 1200. The summed E-state index contributed by atoms with van der Waals surface area (Å²) in [5.41, 5.74) is 1.35. The number of methoxy groups -OCH3 is 1. The summed E-state index contributed by atoms with van der Waals surface area (Å²) in [7, 11) is 1.33. The van der Waals surface area contributed by atoms with Gasteiger partial charge in [-0.05, 0) is 38.0 Å². The number of nitro benzene ring substituents is 1.